The first-order valence-corrected chi connectivity index (χ1v) is 27.2. The van der Waals surface area contributed by atoms with Gasteiger partial charge < -0.3 is 43.7 Å². The van der Waals surface area contributed by atoms with Gasteiger partial charge in [0.2, 0.25) is 0 Å². The number of anilines is 2. The molecule has 19 nitrogen and oxygen atoms in total. The molecule has 0 fully saturated rings. The summed E-state index contributed by atoms with van der Waals surface area (Å²) in [6.07, 6.45) is 3.21. The lowest BCUT2D eigenvalue weighted by Crippen LogP contribution is -2.55. The Morgan fingerprint density at radius 1 is 0.667 bits per heavy atom. The van der Waals surface area contributed by atoms with Crippen LogP contribution >= 0.6 is 0 Å². The van der Waals surface area contributed by atoms with Crippen LogP contribution in [0.5, 0.6) is 17.2 Å². The maximum Gasteiger partial charge on any atom is 0.416 e. The van der Waals surface area contributed by atoms with Gasteiger partial charge in [0.15, 0.2) is 43.6 Å². The van der Waals surface area contributed by atoms with Crippen molar-refractivity contribution in [2.24, 2.45) is 0 Å². The van der Waals surface area contributed by atoms with Gasteiger partial charge in [0, 0.05) is 26.3 Å². The SMILES string of the molecule is C=CCOC(=O)N1c2cc(C)c(OC)cc2C(=O)N2CC=C(c3ccc(S(=O)(=O)CC)cc3)C[C@H]2C1O.C=CCOC(=O)N1c2cc(O)c(OC)cc2C(=O)N2CC=C(c3ccc(S(=O)(=O)CC)cc3)C[C@H]2C1OC. The van der Waals surface area contributed by atoms with Crippen molar-refractivity contribution in [2.75, 3.05) is 68.9 Å². The quantitative estimate of drug-likeness (QED) is 0.126. The molecule has 398 valence electrons. The lowest BCUT2D eigenvalue weighted by molar-refractivity contribution is 0.0175. The lowest BCUT2D eigenvalue weighted by Gasteiger charge is -2.40. The van der Waals surface area contributed by atoms with E-state index in [1.54, 1.807) is 86.3 Å². The third-order valence-electron chi connectivity index (χ3n) is 13.4. The predicted octanol–water partition coefficient (Wildman–Crippen LogP) is 7.16. The maximum absolute atomic E-state index is 13.8. The predicted molar refractivity (Wildman–Crippen MR) is 280 cm³/mol. The summed E-state index contributed by atoms with van der Waals surface area (Å²) in [5, 5.41) is 22.0. The summed E-state index contributed by atoms with van der Waals surface area (Å²) < 4.78 is 75.9. The fourth-order valence-electron chi connectivity index (χ4n) is 9.43. The van der Waals surface area contributed by atoms with E-state index < -0.39 is 56.4 Å². The van der Waals surface area contributed by atoms with Crippen LogP contribution in [0.4, 0.5) is 21.0 Å². The largest absolute Gasteiger partial charge is 0.504 e. The maximum atomic E-state index is 13.8. The highest BCUT2D eigenvalue weighted by molar-refractivity contribution is 7.91. The first kappa shape index (κ1) is 55.3. The zero-order valence-corrected chi connectivity index (χ0v) is 44.1. The number of aryl methyl sites for hydroxylation is 1. The van der Waals surface area contributed by atoms with E-state index >= 15 is 0 Å². The number of nitrogens with zero attached hydrogens (tertiary/aromatic N) is 4. The molecule has 0 bridgehead atoms. The zero-order chi connectivity index (χ0) is 54.5. The topological polar surface area (TPSA) is 236 Å². The second-order valence-corrected chi connectivity index (χ2v) is 22.2. The fourth-order valence-corrected chi connectivity index (χ4v) is 11.2. The highest BCUT2D eigenvalue weighted by Crippen LogP contribution is 2.43. The Labute approximate surface area is 436 Å². The van der Waals surface area contributed by atoms with Crippen LogP contribution in [0.25, 0.3) is 11.1 Å². The number of aliphatic hydroxyl groups excluding tert-OH is 1. The molecule has 4 aliphatic heterocycles. The van der Waals surface area contributed by atoms with Gasteiger partial charge in [0.05, 0.1) is 70.1 Å². The Morgan fingerprint density at radius 2 is 1.11 bits per heavy atom. The Balaban J connectivity index is 0.000000219. The second-order valence-electron chi connectivity index (χ2n) is 17.7. The minimum Gasteiger partial charge on any atom is -0.504 e. The van der Waals surface area contributed by atoms with E-state index in [4.69, 9.17) is 23.7 Å². The molecule has 4 aromatic carbocycles. The number of rotatable bonds is 13. The van der Waals surface area contributed by atoms with Crippen LogP contribution in [0, 0.1) is 6.92 Å². The van der Waals surface area contributed by atoms with Gasteiger partial charge in [0.25, 0.3) is 11.8 Å². The summed E-state index contributed by atoms with van der Waals surface area (Å²) >= 11 is 0. The van der Waals surface area contributed by atoms with E-state index in [2.05, 4.69) is 13.2 Å². The number of sulfone groups is 2. The summed E-state index contributed by atoms with van der Waals surface area (Å²) in [5.41, 5.74) is 4.66. The number of carbonyl (C=O) groups is 4. The number of hydrogen-bond acceptors (Lipinski definition) is 15. The van der Waals surface area contributed by atoms with Gasteiger partial charge in [-0.1, -0.05) is 75.6 Å². The molecule has 21 heteroatoms. The van der Waals surface area contributed by atoms with E-state index in [1.807, 2.05) is 12.2 Å². The molecular weight excluding hydrogens is 1010 g/mol. The highest BCUT2D eigenvalue weighted by atomic mass is 32.2. The molecule has 2 N–H and O–H groups in total. The van der Waals surface area contributed by atoms with Crippen LogP contribution in [-0.2, 0) is 33.9 Å². The summed E-state index contributed by atoms with van der Waals surface area (Å²) in [7, 11) is -2.39. The van der Waals surface area contributed by atoms with Crippen LogP contribution < -0.4 is 19.3 Å². The van der Waals surface area contributed by atoms with Gasteiger partial charge in [-0.15, -0.1) is 0 Å². The summed E-state index contributed by atoms with van der Waals surface area (Å²) in [6.45, 7) is 12.4. The number of carbonyl (C=O) groups excluding carboxylic acids is 4. The normalized spacial score (nSPS) is 19.2. The molecule has 8 rings (SSSR count). The molecule has 4 aliphatic rings. The number of amides is 4. The molecule has 0 spiro atoms. The molecule has 2 unspecified atom stereocenters. The Morgan fingerprint density at radius 3 is 1.56 bits per heavy atom. The van der Waals surface area contributed by atoms with Crippen molar-refractivity contribution < 1.29 is 69.9 Å². The number of aliphatic hydroxyl groups is 1. The van der Waals surface area contributed by atoms with Crippen molar-refractivity contribution in [3.05, 3.63) is 138 Å². The Kier molecular flexibility index (Phi) is 16.9. The standard InChI is InChI=1S/C27H30N2O8S.C27H30N2O7S/c1-5-13-37-27(32)29-21-16-23(30)24(35-3)15-20(21)25(31)28-12-11-18(14-22(28)26(29)36-4)17-7-9-19(10-8-17)38(33,34)6-2;1-5-13-36-27(32)29-22-14-17(3)24(35-4)16-21(22)25(30)28-12-11-19(15-23(28)26(29)31)18-7-9-20(10-8-18)37(33,34)6-2/h5,7-11,15-16,22,26,30H,1,6,12-14H2,2-4H3;5,7-11,14,16,23,26,31H,1,6,12-13,15H2,2-4H3/t22-,26?;23-,26?/m00/s1. The average Bonchev–Trinajstić information content (AvgIpc) is 3.59. The summed E-state index contributed by atoms with van der Waals surface area (Å²) in [4.78, 5) is 59.7. The van der Waals surface area contributed by atoms with Crippen molar-refractivity contribution in [3.8, 4) is 17.2 Å². The molecule has 4 aromatic rings. The van der Waals surface area contributed by atoms with Crippen LogP contribution in [0.1, 0.15) is 64.1 Å². The number of phenols is 1. The van der Waals surface area contributed by atoms with E-state index in [9.17, 15) is 46.2 Å². The van der Waals surface area contributed by atoms with Gasteiger partial charge in [-0.3, -0.25) is 9.59 Å². The van der Waals surface area contributed by atoms with Crippen molar-refractivity contribution in [3.63, 3.8) is 0 Å². The lowest BCUT2D eigenvalue weighted by atomic mass is 9.93. The van der Waals surface area contributed by atoms with Crippen LogP contribution in [0.3, 0.4) is 0 Å². The van der Waals surface area contributed by atoms with Crippen molar-refractivity contribution in [1.82, 2.24) is 9.80 Å². The molecule has 0 saturated carbocycles. The molecule has 75 heavy (non-hydrogen) atoms. The molecule has 0 radical (unpaired) electrons. The molecule has 0 aromatic heterocycles. The van der Waals surface area contributed by atoms with Gasteiger partial charge in [-0.05, 0) is 90.1 Å². The molecule has 0 aliphatic carbocycles. The number of benzene rings is 4. The number of phenolic OH excluding ortho intramolecular Hbond substituents is 1. The highest BCUT2D eigenvalue weighted by Gasteiger charge is 2.47. The molecule has 4 atom stereocenters. The first-order valence-electron chi connectivity index (χ1n) is 23.9. The average molecular weight is 1070 g/mol. The van der Waals surface area contributed by atoms with E-state index in [0.717, 1.165) is 27.2 Å². The number of fused-ring (bicyclic) bond motifs is 4. The second kappa shape index (κ2) is 23.0. The minimum atomic E-state index is -3.34. The minimum absolute atomic E-state index is 0.00238. The fraction of sp³-hybridized carbons (Fsp3) is 0.333. The van der Waals surface area contributed by atoms with E-state index in [0.29, 0.717) is 17.7 Å². The van der Waals surface area contributed by atoms with Crippen molar-refractivity contribution in [2.45, 2.75) is 67.9 Å². The van der Waals surface area contributed by atoms with Crippen LogP contribution in [0.15, 0.2) is 120 Å². The molecule has 4 amide bonds. The van der Waals surface area contributed by atoms with E-state index in [1.165, 1.54) is 55.4 Å². The number of methoxy groups -OCH3 is 3. The van der Waals surface area contributed by atoms with Gasteiger partial charge >= 0.3 is 12.2 Å². The zero-order valence-electron chi connectivity index (χ0n) is 42.4. The van der Waals surface area contributed by atoms with Crippen molar-refractivity contribution >= 4 is 66.2 Å². The molecule has 0 saturated heterocycles. The molecular formula is C54H60N4O15S2. The third-order valence-corrected chi connectivity index (χ3v) is 16.9. The number of aromatic hydroxyl groups is 1. The number of ether oxygens (including phenoxy) is 5. The van der Waals surface area contributed by atoms with Crippen LogP contribution in [-0.4, -0.2) is 145 Å². The van der Waals surface area contributed by atoms with Crippen molar-refractivity contribution in [1.29, 1.82) is 0 Å². The van der Waals surface area contributed by atoms with Crippen LogP contribution in [0.2, 0.25) is 0 Å². The molecule has 4 heterocycles. The Hall–Kier alpha value is -7.46. The first-order chi connectivity index (χ1) is 35.8. The summed E-state index contributed by atoms with van der Waals surface area (Å²) in [6, 6.07) is 17.6. The van der Waals surface area contributed by atoms with E-state index in [-0.39, 0.29) is 99.8 Å². The van der Waals surface area contributed by atoms with Gasteiger partial charge in [-0.2, -0.15) is 0 Å². The third kappa shape index (κ3) is 11.0. The smallest absolute Gasteiger partial charge is 0.416 e. The number of hydrogen-bond donors (Lipinski definition) is 2. The van der Waals surface area contributed by atoms with Gasteiger partial charge in [0.1, 0.15) is 19.0 Å². The van der Waals surface area contributed by atoms with Gasteiger partial charge in [-0.25, -0.2) is 36.2 Å². The Bertz CT molecular complexity index is 3170. The summed E-state index contributed by atoms with van der Waals surface area (Å²) in [5.74, 6) is -0.406. The monoisotopic (exact) mass is 1070 g/mol.